The van der Waals surface area contributed by atoms with Gasteiger partial charge in [0.1, 0.15) is 5.69 Å². The van der Waals surface area contributed by atoms with E-state index in [1.54, 1.807) is 6.07 Å². The second-order valence-electron chi connectivity index (χ2n) is 2.64. The summed E-state index contributed by atoms with van der Waals surface area (Å²) in [5.41, 5.74) is 0.509. The molecule has 0 radical (unpaired) electrons. The van der Waals surface area contributed by atoms with Crippen LogP contribution in [0.3, 0.4) is 0 Å². The minimum atomic E-state index is -1.11. The molecule has 0 aliphatic carbocycles. The van der Waals surface area contributed by atoms with E-state index in [0.29, 0.717) is 5.56 Å². The molecule has 0 spiro atoms. The lowest BCUT2D eigenvalue weighted by atomic mass is 10.2. The van der Waals surface area contributed by atoms with Crippen molar-refractivity contribution in [2.24, 2.45) is 0 Å². The largest absolute Gasteiger partial charge is 0.477 e. The Hall–Kier alpha value is -2.17. The van der Waals surface area contributed by atoms with Crippen LogP contribution in [0.5, 0.6) is 0 Å². The van der Waals surface area contributed by atoms with Gasteiger partial charge in [0, 0.05) is 12.3 Å². The molecule has 5 nitrogen and oxygen atoms in total. The predicted octanol–water partition coefficient (Wildman–Crippen LogP) is 0.966. The average Bonchev–Trinajstić information content (AvgIpc) is 2.26. The van der Waals surface area contributed by atoms with E-state index in [2.05, 4.69) is 9.72 Å². The van der Waals surface area contributed by atoms with Gasteiger partial charge in [-0.15, -0.1) is 0 Å². The van der Waals surface area contributed by atoms with Gasteiger partial charge < -0.3 is 9.84 Å². The third-order valence-electron chi connectivity index (χ3n) is 1.62. The Labute approximate surface area is 86.0 Å². The van der Waals surface area contributed by atoms with Gasteiger partial charge in [-0.2, -0.15) is 0 Å². The van der Waals surface area contributed by atoms with E-state index >= 15 is 0 Å². The van der Waals surface area contributed by atoms with E-state index in [1.165, 1.54) is 31.5 Å². The zero-order valence-electron chi connectivity index (χ0n) is 8.01. The lowest BCUT2D eigenvalue weighted by Crippen LogP contribution is -1.99. The Morgan fingerprint density at radius 1 is 1.53 bits per heavy atom. The molecule has 78 valence electrons. The Morgan fingerprint density at radius 3 is 2.87 bits per heavy atom. The number of carbonyl (C=O) groups is 2. The van der Waals surface area contributed by atoms with Crippen LogP contribution in [-0.2, 0) is 9.53 Å². The summed E-state index contributed by atoms with van der Waals surface area (Å²) in [5.74, 6) is -1.60. The first-order valence-electron chi connectivity index (χ1n) is 4.09. The van der Waals surface area contributed by atoms with Gasteiger partial charge in [0.15, 0.2) is 0 Å². The molecule has 0 unspecified atom stereocenters. The molecular formula is C10H9NO4. The second kappa shape index (κ2) is 4.90. The molecule has 0 aliphatic heterocycles. The lowest BCUT2D eigenvalue weighted by molar-refractivity contribution is -0.134. The number of methoxy groups -OCH3 is 1. The number of hydrogen-bond donors (Lipinski definition) is 1. The zero-order chi connectivity index (χ0) is 11.3. The number of rotatable bonds is 3. The number of esters is 1. The molecule has 5 heteroatoms. The van der Waals surface area contributed by atoms with Crippen molar-refractivity contribution in [2.45, 2.75) is 0 Å². The zero-order valence-corrected chi connectivity index (χ0v) is 8.01. The van der Waals surface area contributed by atoms with Gasteiger partial charge >= 0.3 is 11.9 Å². The van der Waals surface area contributed by atoms with E-state index in [9.17, 15) is 9.59 Å². The highest BCUT2D eigenvalue weighted by Gasteiger charge is 2.03. The first-order valence-corrected chi connectivity index (χ1v) is 4.09. The number of carboxylic acids is 1. The monoisotopic (exact) mass is 207 g/mol. The van der Waals surface area contributed by atoms with Crippen molar-refractivity contribution < 1.29 is 19.4 Å². The van der Waals surface area contributed by atoms with Gasteiger partial charge in [-0.1, -0.05) is 0 Å². The molecule has 0 aliphatic rings. The SMILES string of the molecule is COC(=O)C=Cc1ccnc(C(=O)O)c1. The maximum atomic E-state index is 10.8. The van der Waals surface area contributed by atoms with Crippen LogP contribution < -0.4 is 0 Å². The summed E-state index contributed by atoms with van der Waals surface area (Å²) < 4.78 is 4.39. The average molecular weight is 207 g/mol. The molecule has 1 N–H and O–H groups in total. The van der Waals surface area contributed by atoms with Crippen molar-refractivity contribution in [3.63, 3.8) is 0 Å². The minimum absolute atomic E-state index is 0.0676. The van der Waals surface area contributed by atoms with Crippen molar-refractivity contribution in [2.75, 3.05) is 7.11 Å². The molecule has 0 atom stereocenters. The van der Waals surface area contributed by atoms with Crippen molar-refractivity contribution in [3.05, 3.63) is 35.7 Å². The lowest BCUT2D eigenvalue weighted by Gasteiger charge is -1.95. The van der Waals surface area contributed by atoms with Crippen LogP contribution in [0.25, 0.3) is 6.08 Å². The van der Waals surface area contributed by atoms with E-state index in [4.69, 9.17) is 5.11 Å². The molecule has 0 saturated heterocycles. The Morgan fingerprint density at radius 2 is 2.27 bits per heavy atom. The number of ether oxygens (including phenoxy) is 1. The summed E-state index contributed by atoms with van der Waals surface area (Å²) in [6.07, 6.45) is 4.03. The summed E-state index contributed by atoms with van der Waals surface area (Å²) in [4.78, 5) is 25.0. The molecule has 1 aromatic heterocycles. The molecule has 0 saturated carbocycles. The van der Waals surface area contributed by atoms with Crippen LogP contribution in [0.1, 0.15) is 16.1 Å². The number of nitrogens with zero attached hydrogens (tertiary/aromatic N) is 1. The normalized spacial score (nSPS) is 10.2. The molecule has 0 bridgehead atoms. The molecule has 1 rings (SSSR count). The molecule has 15 heavy (non-hydrogen) atoms. The maximum Gasteiger partial charge on any atom is 0.354 e. The third kappa shape index (κ3) is 3.22. The highest BCUT2D eigenvalue weighted by molar-refractivity contribution is 5.88. The smallest absolute Gasteiger partial charge is 0.354 e. The van der Waals surface area contributed by atoms with Crippen molar-refractivity contribution in [3.8, 4) is 0 Å². The fourth-order valence-corrected chi connectivity index (χ4v) is 0.900. The number of aromatic nitrogens is 1. The van der Waals surface area contributed by atoms with Gasteiger partial charge in [0.2, 0.25) is 0 Å². The summed E-state index contributed by atoms with van der Waals surface area (Å²) in [5, 5.41) is 8.65. The van der Waals surface area contributed by atoms with Crippen LogP contribution in [0.15, 0.2) is 24.4 Å². The predicted molar refractivity (Wildman–Crippen MR) is 52.2 cm³/mol. The Kier molecular flexibility index (Phi) is 3.56. The highest BCUT2D eigenvalue weighted by atomic mass is 16.5. The number of carboxylic acid groups (broad SMARTS) is 1. The van der Waals surface area contributed by atoms with E-state index in [0.717, 1.165) is 0 Å². The first kappa shape index (κ1) is 10.9. The Balaban J connectivity index is 2.87. The van der Waals surface area contributed by atoms with E-state index in [-0.39, 0.29) is 5.69 Å². The fourth-order valence-electron chi connectivity index (χ4n) is 0.900. The summed E-state index contributed by atoms with van der Waals surface area (Å²) in [6, 6.07) is 2.95. The molecule has 0 amide bonds. The number of hydrogen-bond acceptors (Lipinski definition) is 4. The van der Waals surface area contributed by atoms with Crippen LogP contribution in [-0.4, -0.2) is 29.1 Å². The van der Waals surface area contributed by atoms with Crippen molar-refractivity contribution in [1.82, 2.24) is 4.98 Å². The van der Waals surface area contributed by atoms with Crippen molar-refractivity contribution >= 4 is 18.0 Å². The molecule has 1 heterocycles. The van der Waals surface area contributed by atoms with Gasteiger partial charge in [-0.3, -0.25) is 0 Å². The summed E-state index contributed by atoms with van der Waals surface area (Å²) in [6.45, 7) is 0. The summed E-state index contributed by atoms with van der Waals surface area (Å²) >= 11 is 0. The molecular weight excluding hydrogens is 198 g/mol. The number of carbonyl (C=O) groups excluding carboxylic acids is 1. The summed E-state index contributed by atoms with van der Waals surface area (Å²) in [7, 11) is 1.27. The quantitative estimate of drug-likeness (QED) is 0.590. The van der Waals surface area contributed by atoms with Gasteiger partial charge in [0.05, 0.1) is 7.11 Å². The van der Waals surface area contributed by atoms with Gasteiger partial charge in [0.25, 0.3) is 0 Å². The van der Waals surface area contributed by atoms with Crippen LogP contribution >= 0.6 is 0 Å². The van der Waals surface area contributed by atoms with Gasteiger partial charge in [-0.25, -0.2) is 14.6 Å². The van der Waals surface area contributed by atoms with Crippen LogP contribution in [0.2, 0.25) is 0 Å². The standard InChI is InChI=1S/C10H9NO4/c1-15-9(12)3-2-7-4-5-11-8(6-7)10(13)14/h2-6H,1H3,(H,13,14). The molecule has 1 aromatic rings. The second-order valence-corrected chi connectivity index (χ2v) is 2.64. The van der Waals surface area contributed by atoms with E-state index < -0.39 is 11.9 Å². The van der Waals surface area contributed by atoms with E-state index in [1.807, 2.05) is 0 Å². The first-order chi connectivity index (χ1) is 7.13. The number of pyridine rings is 1. The third-order valence-corrected chi connectivity index (χ3v) is 1.62. The van der Waals surface area contributed by atoms with Crippen LogP contribution in [0.4, 0.5) is 0 Å². The Bertz CT molecular complexity index is 412. The van der Waals surface area contributed by atoms with Gasteiger partial charge in [-0.05, 0) is 23.8 Å². The number of aromatic carboxylic acids is 1. The minimum Gasteiger partial charge on any atom is -0.477 e. The maximum absolute atomic E-state index is 10.8. The molecule has 0 fully saturated rings. The molecule has 0 aromatic carbocycles. The van der Waals surface area contributed by atoms with Crippen LogP contribution in [0, 0.1) is 0 Å². The highest BCUT2D eigenvalue weighted by Crippen LogP contribution is 2.04. The van der Waals surface area contributed by atoms with Crippen molar-refractivity contribution in [1.29, 1.82) is 0 Å². The fraction of sp³-hybridized carbons (Fsp3) is 0.100. The topological polar surface area (TPSA) is 76.5 Å².